The molecule has 0 aliphatic carbocycles. The molecule has 1 unspecified atom stereocenters. The summed E-state index contributed by atoms with van der Waals surface area (Å²) in [4.78, 5) is 0. The van der Waals surface area contributed by atoms with Gasteiger partial charge in [0.05, 0.1) is 0 Å². The average molecular weight is 279 g/mol. The predicted octanol–water partition coefficient (Wildman–Crippen LogP) is 5.69. The Labute approximate surface area is 125 Å². The second kappa shape index (κ2) is 10.0. The van der Waals surface area contributed by atoms with E-state index in [2.05, 4.69) is 32.3 Å². The van der Waals surface area contributed by atoms with Crippen LogP contribution in [0.1, 0.15) is 87.8 Å². The Morgan fingerprint density at radius 1 is 1.00 bits per heavy atom. The monoisotopic (exact) mass is 279 g/mol. The van der Waals surface area contributed by atoms with Gasteiger partial charge in [-0.15, -0.1) is 0 Å². The molecular weight excluding hydrogens is 246 g/mol. The van der Waals surface area contributed by atoms with Gasteiger partial charge in [-0.3, -0.25) is 0 Å². The molecule has 0 fully saturated rings. The standard InChI is InChI=1S/C18H33NO/c1-5-6-7-8-9-10-11-12-13-18(19-4)17-14-15(2)20-16(17)3/h14,18-19H,5-13H2,1-4H3. The van der Waals surface area contributed by atoms with Crippen LogP contribution in [0.2, 0.25) is 0 Å². The van der Waals surface area contributed by atoms with Crippen LogP contribution in [0.5, 0.6) is 0 Å². The third-order valence-electron chi connectivity index (χ3n) is 4.15. The molecule has 0 bridgehead atoms. The van der Waals surface area contributed by atoms with E-state index >= 15 is 0 Å². The van der Waals surface area contributed by atoms with Gasteiger partial charge < -0.3 is 9.73 Å². The summed E-state index contributed by atoms with van der Waals surface area (Å²) < 4.78 is 5.64. The highest BCUT2D eigenvalue weighted by Gasteiger charge is 2.14. The molecule has 0 amide bonds. The van der Waals surface area contributed by atoms with Crippen molar-refractivity contribution in [1.29, 1.82) is 0 Å². The minimum Gasteiger partial charge on any atom is -0.466 e. The minimum absolute atomic E-state index is 0.451. The van der Waals surface area contributed by atoms with E-state index in [4.69, 9.17) is 4.42 Å². The molecule has 2 heteroatoms. The molecular formula is C18H33NO. The van der Waals surface area contributed by atoms with E-state index in [1.54, 1.807) is 0 Å². The lowest BCUT2D eigenvalue weighted by Crippen LogP contribution is -2.16. The van der Waals surface area contributed by atoms with Crippen LogP contribution in [0, 0.1) is 13.8 Å². The first-order chi connectivity index (χ1) is 9.69. The fraction of sp³-hybridized carbons (Fsp3) is 0.778. The summed E-state index contributed by atoms with van der Waals surface area (Å²) >= 11 is 0. The lowest BCUT2D eigenvalue weighted by molar-refractivity contribution is 0.469. The quantitative estimate of drug-likeness (QED) is 0.526. The van der Waals surface area contributed by atoms with Crippen LogP contribution in [0.25, 0.3) is 0 Å². The highest BCUT2D eigenvalue weighted by atomic mass is 16.3. The highest BCUT2D eigenvalue weighted by Crippen LogP contribution is 2.25. The van der Waals surface area contributed by atoms with Crippen molar-refractivity contribution in [3.05, 3.63) is 23.2 Å². The molecule has 1 rings (SSSR count). The summed E-state index contributed by atoms with van der Waals surface area (Å²) in [6, 6.07) is 2.63. The normalized spacial score (nSPS) is 12.8. The van der Waals surface area contributed by atoms with Gasteiger partial charge in [0.1, 0.15) is 11.5 Å². The van der Waals surface area contributed by atoms with Gasteiger partial charge >= 0.3 is 0 Å². The fourth-order valence-corrected chi connectivity index (χ4v) is 2.93. The van der Waals surface area contributed by atoms with Gasteiger partial charge in [0.15, 0.2) is 0 Å². The van der Waals surface area contributed by atoms with Crippen molar-refractivity contribution in [2.45, 2.75) is 84.6 Å². The molecule has 0 aromatic carbocycles. The van der Waals surface area contributed by atoms with E-state index in [1.807, 2.05) is 6.92 Å². The summed E-state index contributed by atoms with van der Waals surface area (Å²) in [6.07, 6.45) is 12.3. The van der Waals surface area contributed by atoms with Gasteiger partial charge in [-0.05, 0) is 33.4 Å². The van der Waals surface area contributed by atoms with Crippen LogP contribution in [0.4, 0.5) is 0 Å². The van der Waals surface area contributed by atoms with Gasteiger partial charge in [0.25, 0.3) is 0 Å². The summed E-state index contributed by atoms with van der Waals surface area (Å²) in [5, 5.41) is 3.43. The molecule has 1 heterocycles. The molecule has 2 nitrogen and oxygen atoms in total. The number of aryl methyl sites for hydroxylation is 2. The first-order valence-electron chi connectivity index (χ1n) is 8.43. The van der Waals surface area contributed by atoms with Gasteiger partial charge in [0, 0.05) is 11.6 Å². The van der Waals surface area contributed by atoms with Crippen LogP contribution in [0.3, 0.4) is 0 Å². The smallest absolute Gasteiger partial charge is 0.105 e. The average Bonchev–Trinajstić information content (AvgIpc) is 2.76. The number of rotatable bonds is 11. The van der Waals surface area contributed by atoms with Crippen molar-refractivity contribution >= 4 is 0 Å². The van der Waals surface area contributed by atoms with E-state index in [1.165, 1.54) is 63.4 Å². The molecule has 1 aromatic heterocycles. The van der Waals surface area contributed by atoms with Crippen LogP contribution < -0.4 is 5.32 Å². The zero-order chi connectivity index (χ0) is 14.8. The molecule has 0 saturated carbocycles. The maximum Gasteiger partial charge on any atom is 0.105 e. The minimum atomic E-state index is 0.451. The Kier molecular flexibility index (Phi) is 8.68. The van der Waals surface area contributed by atoms with Crippen molar-refractivity contribution in [3.63, 3.8) is 0 Å². The summed E-state index contributed by atoms with van der Waals surface area (Å²) in [6.45, 7) is 6.37. The molecule has 0 spiro atoms. The van der Waals surface area contributed by atoms with Crippen molar-refractivity contribution in [2.24, 2.45) is 0 Å². The highest BCUT2D eigenvalue weighted by molar-refractivity contribution is 5.23. The Bertz CT molecular complexity index is 356. The zero-order valence-electron chi connectivity index (χ0n) is 13.9. The number of hydrogen-bond donors (Lipinski definition) is 1. The summed E-state index contributed by atoms with van der Waals surface area (Å²) in [5.74, 6) is 2.09. The fourth-order valence-electron chi connectivity index (χ4n) is 2.93. The van der Waals surface area contributed by atoms with E-state index < -0.39 is 0 Å². The van der Waals surface area contributed by atoms with Gasteiger partial charge in [-0.25, -0.2) is 0 Å². The third kappa shape index (κ3) is 6.13. The van der Waals surface area contributed by atoms with Crippen molar-refractivity contribution in [3.8, 4) is 0 Å². The lowest BCUT2D eigenvalue weighted by atomic mass is 9.99. The molecule has 116 valence electrons. The van der Waals surface area contributed by atoms with Crippen molar-refractivity contribution in [2.75, 3.05) is 7.05 Å². The largest absolute Gasteiger partial charge is 0.466 e. The van der Waals surface area contributed by atoms with Gasteiger partial charge in [-0.1, -0.05) is 58.3 Å². The first kappa shape index (κ1) is 17.3. The van der Waals surface area contributed by atoms with Crippen LogP contribution in [0.15, 0.2) is 10.5 Å². The number of hydrogen-bond acceptors (Lipinski definition) is 2. The van der Waals surface area contributed by atoms with Crippen molar-refractivity contribution in [1.82, 2.24) is 5.32 Å². The number of nitrogens with one attached hydrogen (secondary N) is 1. The van der Waals surface area contributed by atoms with Gasteiger partial charge in [-0.2, -0.15) is 0 Å². The van der Waals surface area contributed by atoms with Gasteiger partial charge in [0.2, 0.25) is 0 Å². The Morgan fingerprint density at radius 3 is 2.10 bits per heavy atom. The molecule has 1 N–H and O–H groups in total. The maximum absolute atomic E-state index is 5.64. The molecule has 0 radical (unpaired) electrons. The van der Waals surface area contributed by atoms with E-state index in [9.17, 15) is 0 Å². The SMILES string of the molecule is CCCCCCCCCCC(NC)c1cc(C)oc1C. The summed E-state index contributed by atoms with van der Waals surface area (Å²) in [7, 11) is 2.05. The number of furan rings is 1. The molecule has 1 aromatic rings. The molecule has 0 aliphatic rings. The first-order valence-corrected chi connectivity index (χ1v) is 8.43. The second-order valence-electron chi connectivity index (χ2n) is 5.97. The third-order valence-corrected chi connectivity index (χ3v) is 4.15. The van der Waals surface area contributed by atoms with E-state index in [-0.39, 0.29) is 0 Å². The summed E-state index contributed by atoms with van der Waals surface area (Å²) in [5.41, 5.74) is 1.34. The van der Waals surface area contributed by atoms with E-state index in [0.717, 1.165) is 11.5 Å². The van der Waals surface area contributed by atoms with E-state index in [0.29, 0.717) is 6.04 Å². The molecule has 1 atom stereocenters. The molecule has 0 saturated heterocycles. The van der Waals surface area contributed by atoms with Crippen LogP contribution in [-0.4, -0.2) is 7.05 Å². The Morgan fingerprint density at radius 2 is 1.60 bits per heavy atom. The Balaban J connectivity index is 2.17. The zero-order valence-corrected chi connectivity index (χ0v) is 13.9. The van der Waals surface area contributed by atoms with Crippen molar-refractivity contribution < 1.29 is 4.42 Å². The van der Waals surface area contributed by atoms with Crippen LogP contribution >= 0.6 is 0 Å². The second-order valence-corrected chi connectivity index (χ2v) is 5.97. The van der Waals surface area contributed by atoms with Crippen LogP contribution in [-0.2, 0) is 0 Å². The number of unbranched alkanes of at least 4 members (excludes halogenated alkanes) is 7. The molecule has 20 heavy (non-hydrogen) atoms. The Hall–Kier alpha value is -0.760. The molecule has 0 aliphatic heterocycles. The predicted molar refractivity (Wildman–Crippen MR) is 87.2 cm³/mol. The lowest BCUT2D eigenvalue weighted by Gasteiger charge is -2.15. The topological polar surface area (TPSA) is 25.2 Å². The maximum atomic E-state index is 5.64.